The van der Waals surface area contributed by atoms with E-state index >= 15 is 0 Å². The number of pyridine rings is 1. The molecule has 1 N–H and O–H groups in total. The fourth-order valence-corrected chi connectivity index (χ4v) is 2.38. The number of aromatic nitrogens is 2. The van der Waals surface area contributed by atoms with Gasteiger partial charge in [0.1, 0.15) is 23.6 Å². The van der Waals surface area contributed by atoms with Crippen molar-refractivity contribution in [3.8, 4) is 0 Å². The van der Waals surface area contributed by atoms with Gasteiger partial charge in [0.15, 0.2) is 0 Å². The van der Waals surface area contributed by atoms with Gasteiger partial charge in [0.25, 0.3) is 11.5 Å². The monoisotopic (exact) mass is 341 g/mol. The number of amides is 1. The fraction of sp³-hybridized carbons (Fsp3) is 0.278. The second kappa shape index (κ2) is 7.76. The molecule has 3 heterocycles. The number of hydrogen-bond donors (Lipinski definition) is 1. The molecular weight excluding hydrogens is 322 g/mol. The molecule has 0 bridgehead atoms. The lowest BCUT2D eigenvalue weighted by molar-refractivity contribution is 0.0915. The SMILES string of the molecule is Cc1ccc2ncc(C(=O)NCCCOCc3ccco3)c(=O)n2c1. The smallest absolute Gasteiger partial charge is 0.270 e. The van der Waals surface area contributed by atoms with Crippen LogP contribution in [0, 0.1) is 6.92 Å². The van der Waals surface area contributed by atoms with E-state index in [1.54, 1.807) is 24.6 Å². The van der Waals surface area contributed by atoms with Crippen LogP contribution < -0.4 is 10.9 Å². The minimum Gasteiger partial charge on any atom is -0.467 e. The van der Waals surface area contributed by atoms with Crippen LogP contribution in [0.2, 0.25) is 0 Å². The Labute approximate surface area is 144 Å². The summed E-state index contributed by atoms with van der Waals surface area (Å²) in [6.45, 7) is 3.17. The Hall–Kier alpha value is -2.93. The Morgan fingerprint density at radius 3 is 3.04 bits per heavy atom. The third kappa shape index (κ3) is 4.13. The highest BCUT2D eigenvalue weighted by Gasteiger charge is 2.12. The maximum atomic E-state index is 12.4. The van der Waals surface area contributed by atoms with Crippen molar-refractivity contribution in [3.63, 3.8) is 0 Å². The minimum atomic E-state index is -0.431. The van der Waals surface area contributed by atoms with Gasteiger partial charge in [-0.3, -0.25) is 14.0 Å². The van der Waals surface area contributed by atoms with Crippen molar-refractivity contribution in [3.05, 3.63) is 70.2 Å². The van der Waals surface area contributed by atoms with Crippen LogP contribution in [0.5, 0.6) is 0 Å². The van der Waals surface area contributed by atoms with E-state index in [4.69, 9.17) is 9.15 Å². The summed E-state index contributed by atoms with van der Waals surface area (Å²) in [5.74, 6) is 0.328. The molecule has 0 spiro atoms. The van der Waals surface area contributed by atoms with Crippen molar-refractivity contribution < 1.29 is 13.9 Å². The van der Waals surface area contributed by atoms with Crippen LogP contribution in [-0.2, 0) is 11.3 Å². The van der Waals surface area contributed by atoms with Crippen molar-refractivity contribution in [2.75, 3.05) is 13.2 Å². The lowest BCUT2D eigenvalue weighted by Crippen LogP contribution is -2.32. The Morgan fingerprint density at radius 2 is 2.24 bits per heavy atom. The predicted molar refractivity (Wildman–Crippen MR) is 91.5 cm³/mol. The Balaban J connectivity index is 1.52. The van der Waals surface area contributed by atoms with E-state index in [0.717, 1.165) is 11.3 Å². The molecule has 0 fully saturated rings. The average Bonchev–Trinajstić information content (AvgIpc) is 3.12. The molecule has 0 aromatic carbocycles. The lowest BCUT2D eigenvalue weighted by atomic mass is 10.2. The number of carbonyl (C=O) groups excluding carboxylic acids is 1. The molecule has 7 nitrogen and oxygen atoms in total. The molecule has 0 aliphatic heterocycles. The number of furan rings is 1. The Kier molecular flexibility index (Phi) is 5.25. The van der Waals surface area contributed by atoms with Crippen LogP contribution in [0.15, 0.2) is 52.1 Å². The fourth-order valence-electron chi connectivity index (χ4n) is 2.38. The van der Waals surface area contributed by atoms with Crippen LogP contribution in [0.25, 0.3) is 5.65 Å². The second-order valence-corrected chi connectivity index (χ2v) is 5.65. The predicted octanol–water partition coefficient (Wildman–Crippen LogP) is 1.93. The molecule has 7 heteroatoms. The summed E-state index contributed by atoms with van der Waals surface area (Å²) in [6, 6.07) is 7.25. The second-order valence-electron chi connectivity index (χ2n) is 5.65. The number of hydrogen-bond acceptors (Lipinski definition) is 5. The minimum absolute atomic E-state index is 0.0274. The zero-order valence-electron chi connectivity index (χ0n) is 13.9. The van der Waals surface area contributed by atoms with Gasteiger partial charge < -0.3 is 14.5 Å². The summed E-state index contributed by atoms with van der Waals surface area (Å²) in [6.07, 6.45) is 5.21. The van der Waals surface area contributed by atoms with E-state index < -0.39 is 5.91 Å². The van der Waals surface area contributed by atoms with Crippen LogP contribution in [-0.4, -0.2) is 28.4 Å². The molecular formula is C18H19N3O4. The van der Waals surface area contributed by atoms with Crippen LogP contribution in [0.1, 0.15) is 28.1 Å². The molecule has 0 saturated heterocycles. The number of nitrogens with one attached hydrogen (secondary N) is 1. The molecule has 25 heavy (non-hydrogen) atoms. The molecule has 3 rings (SSSR count). The molecule has 1 amide bonds. The van der Waals surface area contributed by atoms with Crippen molar-refractivity contribution in [1.82, 2.24) is 14.7 Å². The van der Waals surface area contributed by atoms with E-state index in [0.29, 0.717) is 31.8 Å². The van der Waals surface area contributed by atoms with E-state index in [9.17, 15) is 9.59 Å². The van der Waals surface area contributed by atoms with Gasteiger partial charge >= 0.3 is 0 Å². The molecule has 130 valence electrons. The van der Waals surface area contributed by atoms with Crippen LogP contribution >= 0.6 is 0 Å². The van der Waals surface area contributed by atoms with Crippen molar-refractivity contribution >= 4 is 11.6 Å². The highest BCUT2D eigenvalue weighted by Crippen LogP contribution is 2.03. The quantitative estimate of drug-likeness (QED) is 0.664. The zero-order valence-corrected chi connectivity index (χ0v) is 13.9. The molecule has 0 unspecified atom stereocenters. The van der Waals surface area contributed by atoms with E-state index in [1.807, 2.05) is 19.1 Å². The molecule has 3 aromatic heterocycles. The van der Waals surface area contributed by atoms with Gasteiger partial charge in [0, 0.05) is 25.5 Å². The van der Waals surface area contributed by atoms with Gasteiger partial charge in [0.05, 0.1) is 6.26 Å². The summed E-state index contributed by atoms with van der Waals surface area (Å²) >= 11 is 0. The van der Waals surface area contributed by atoms with Crippen LogP contribution in [0.4, 0.5) is 0 Å². The number of aryl methyl sites for hydroxylation is 1. The Bertz CT molecular complexity index is 916. The summed E-state index contributed by atoms with van der Waals surface area (Å²) < 4.78 is 12.0. The van der Waals surface area contributed by atoms with Crippen molar-refractivity contribution in [2.24, 2.45) is 0 Å². The molecule has 0 aliphatic rings. The Morgan fingerprint density at radius 1 is 1.36 bits per heavy atom. The number of fused-ring (bicyclic) bond motifs is 1. The summed E-state index contributed by atoms with van der Waals surface area (Å²) in [5, 5.41) is 2.72. The largest absolute Gasteiger partial charge is 0.467 e. The number of carbonyl (C=O) groups is 1. The van der Waals surface area contributed by atoms with Gasteiger partial charge in [-0.05, 0) is 37.1 Å². The number of nitrogens with zero attached hydrogens (tertiary/aromatic N) is 2. The average molecular weight is 341 g/mol. The summed E-state index contributed by atoms with van der Waals surface area (Å²) in [7, 11) is 0. The molecule has 0 saturated carbocycles. The van der Waals surface area contributed by atoms with Crippen molar-refractivity contribution in [1.29, 1.82) is 0 Å². The third-order valence-corrected chi connectivity index (χ3v) is 3.67. The van der Waals surface area contributed by atoms with Gasteiger partial charge in [-0.15, -0.1) is 0 Å². The first kappa shape index (κ1) is 16.9. The van der Waals surface area contributed by atoms with E-state index in [1.165, 1.54) is 10.6 Å². The van der Waals surface area contributed by atoms with Gasteiger partial charge in [-0.1, -0.05) is 6.07 Å². The van der Waals surface area contributed by atoms with E-state index in [2.05, 4.69) is 10.3 Å². The van der Waals surface area contributed by atoms with Crippen molar-refractivity contribution in [2.45, 2.75) is 20.0 Å². The summed E-state index contributed by atoms with van der Waals surface area (Å²) in [5.41, 5.74) is 1.08. The first-order valence-electron chi connectivity index (χ1n) is 8.01. The zero-order chi connectivity index (χ0) is 17.6. The first-order valence-corrected chi connectivity index (χ1v) is 8.01. The van der Waals surface area contributed by atoms with Crippen LogP contribution in [0.3, 0.4) is 0 Å². The highest BCUT2D eigenvalue weighted by atomic mass is 16.5. The molecule has 0 aliphatic carbocycles. The molecule has 3 aromatic rings. The van der Waals surface area contributed by atoms with Gasteiger partial charge in [-0.2, -0.15) is 0 Å². The topological polar surface area (TPSA) is 85.8 Å². The lowest BCUT2D eigenvalue weighted by Gasteiger charge is -2.07. The standard InChI is InChI=1S/C18H19N3O4/c1-13-5-6-16-20-10-15(18(23)21(16)11-13)17(22)19-7-3-8-24-12-14-4-2-9-25-14/h2,4-6,9-11H,3,7-8,12H2,1H3,(H,19,22). The maximum absolute atomic E-state index is 12.4. The molecule has 0 radical (unpaired) electrons. The normalized spacial score (nSPS) is 10.9. The molecule has 0 atom stereocenters. The summed E-state index contributed by atoms with van der Waals surface area (Å²) in [4.78, 5) is 28.8. The van der Waals surface area contributed by atoms with Gasteiger partial charge in [-0.25, -0.2) is 4.98 Å². The third-order valence-electron chi connectivity index (χ3n) is 3.67. The number of rotatable bonds is 7. The highest BCUT2D eigenvalue weighted by molar-refractivity contribution is 5.93. The maximum Gasteiger partial charge on any atom is 0.270 e. The number of ether oxygens (including phenoxy) is 1. The first-order chi connectivity index (χ1) is 12.1. The van der Waals surface area contributed by atoms with Gasteiger partial charge in [0.2, 0.25) is 0 Å². The van der Waals surface area contributed by atoms with E-state index in [-0.39, 0.29) is 11.1 Å².